The van der Waals surface area contributed by atoms with Crippen LogP contribution in [0.25, 0.3) is 0 Å². The molecule has 0 aromatic rings. The molecule has 0 bridgehead atoms. The van der Waals surface area contributed by atoms with Crippen molar-refractivity contribution in [1.82, 2.24) is 0 Å². The van der Waals surface area contributed by atoms with Crippen LogP contribution < -0.4 is 0 Å². The second-order valence-corrected chi connectivity index (χ2v) is 8.38. The molecule has 0 nitrogen and oxygen atoms in total. The lowest BCUT2D eigenvalue weighted by atomic mass is 9.81. The van der Waals surface area contributed by atoms with Gasteiger partial charge < -0.3 is 0 Å². The van der Waals surface area contributed by atoms with Crippen LogP contribution in [0.5, 0.6) is 0 Å². The van der Waals surface area contributed by atoms with Gasteiger partial charge in [0, 0.05) is 0 Å². The van der Waals surface area contributed by atoms with Gasteiger partial charge in [-0.1, -0.05) is 62.3 Å². The fourth-order valence-corrected chi connectivity index (χ4v) is 4.78. The molecule has 22 heavy (non-hydrogen) atoms. The van der Waals surface area contributed by atoms with Crippen molar-refractivity contribution in [3.05, 3.63) is 23.8 Å². The summed E-state index contributed by atoms with van der Waals surface area (Å²) in [5.74, 6) is 3.80. The molecule has 0 amide bonds. The lowest BCUT2D eigenvalue weighted by Gasteiger charge is -2.24. The third-order valence-corrected chi connectivity index (χ3v) is 6.50. The Hall–Kier alpha value is -0.520. The van der Waals surface area contributed by atoms with Crippen LogP contribution in [0.4, 0.5) is 0 Å². The zero-order valence-electron chi connectivity index (χ0n) is 15.4. The van der Waals surface area contributed by atoms with E-state index in [4.69, 9.17) is 0 Å². The summed E-state index contributed by atoms with van der Waals surface area (Å²) >= 11 is 0. The van der Waals surface area contributed by atoms with Crippen molar-refractivity contribution in [2.24, 2.45) is 23.7 Å². The second-order valence-electron chi connectivity index (χ2n) is 8.38. The molecule has 0 heteroatoms. The first kappa shape index (κ1) is 17.8. The molecule has 0 spiro atoms. The van der Waals surface area contributed by atoms with Gasteiger partial charge in [0.25, 0.3) is 0 Å². The molecule has 2 rings (SSSR count). The molecule has 0 heterocycles. The molecule has 126 valence electrons. The first-order valence-corrected chi connectivity index (χ1v) is 9.85. The molecule has 3 unspecified atom stereocenters. The van der Waals surface area contributed by atoms with E-state index >= 15 is 0 Å². The quantitative estimate of drug-likeness (QED) is 0.412. The van der Waals surface area contributed by atoms with E-state index in [0.29, 0.717) is 0 Å². The van der Waals surface area contributed by atoms with Crippen LogP contribution in [-0.4, -0.2) is 0 Å². The van der Waals surface area contributed by atoms with Gasteiger partial charge in [-0.2, -0.15) is 0 Å². The third kappa shape index (κ3) is 5.60. The second kappa shape index (κ2) is 8.94. The molecule has 0 radical (unpaired) electrons. The summed E-state index contributed by atoms with van der Waals surface area (Å²) in [6.45, 7) is 11.1. The average molecular weight is 303 g/mol. The molecule has 0 N–H and O–H groups in total. The van der Waals surface area contributed by atoms with Crippen LogP contribution in [0.1, 0.15) is 91.4 Å². The summed E-state index contributed by atoms with van der Waals surface area (Å²) in [4.78, 5) is 0. The molecule has 2 aliphatic carbocycles. The molecule has 2 saturated carbocycles. The first-order valence-electron chi connectivity index (χ1n) is 9.85. The number of hydrogen-bond donors (Lipinski definition) is 0. The lowest BCUT2D eigenvalue weighted by molar-refractivity contribution is 0.333. The Morgan fingerprint density at radius 3 is 2.27 bits per heavy atom. The minimum absolute atomic E-state index is 0.809. The maximum Gasteiger partial charge on any atom is -0.0203 e. The van der Waals surface area contributed by atoms with Crippen LogP contribution in [-0.2, 0) is 0 Å². The lowest BCUT2D eigenvalue weighted by Crippen LogP contribution is -2.12. The van der Waals surface area contributed by atoms with E-state index in [1.54, 1.807) is 5.57 Å². The van der Waals surface area contributed by atoms with E-state index in [9.17, 15) is 0 Å². The van der Waals surface area contributed by atoms with Crippen molar-refractivity contribution in [2.45, 2.75) is 91.4 Å². The molecule has 0 aromatic carbocycles. The number of hydrogen-bond acceptors (Lipinski definition) is 0. The van der Waals surface area contributed by atoms with E-state index in [1.807, 2.05) is 0 Å². The van der Waals surface area contributed by atoms with Gasteiger partial charge in [-0.3, -0.25) is 0 Å². The fraction of sp³-hybridized carbons (Fsp3) is 0.818. The molecule has 0 aliphatic heterocycles. The summed E-state index contributed by atoms with van der Waals surface area (Å²) in [6.07, 6.45) is 18.3. The van der Waals surface area contributed by atoms with Gasteiger partial charge in [-0.25, -0.2) is 0 Å². The third-order valence-electron chi connectivity index (χ3n) is 6.50. The van der Waals surface area contributed by atoms with E-state index in [1.165, 1.54) is 76.2 Å². The summed E-state index contributed by atoms with van der Waals surface area (Å²) in [5, 5.41) is 0. The van der Waals surface area contributed by atoms with E-state index in [-0.39, 0.29) is 0 Å². The minimum atomic E-state index is 0.809. The largest absolute Gasteiger partial charge is 0.0999 e. The van der Waals surface area contributed by atoms with Gasteiger partial charge in [0.1, 0.15) is 0 Å². The van der Waals surface area contributed by atoms with Crippen molar-refractivity contribution >= 4 is 0 Å². The summed E-state index contributed by atoms with van der Waals surface area (Å²) in [5.41, 5.74) is 3.03. The van der Waals surface area contributed by atoms with Gasteiger partial charge in [0.2, 0.25) is 0 Å². The first-order chi connectivity index (χ1) is 10.6. The molecule has 2 aliphatic rings. The van der Waals surface area contributed by atoms with Crippen LogP contribution in [0.2, 0.25) is 0 Å². The van der Waals surface area contributed by atoms with Crippen molar-refractivity contribution < 1.29 is 0 Å². The Bertz CT molecular complexity index is 369. The highest BCUT2D eigenvalue weighted by atomic mass is 14.3. The molecule has 3 atom stereocenters. The van der Waals surface area contributed by atoms with Crippen LogP contribution in [0.3, 0.4) is 0 Å². The average Bonchev–Trinajstić information content (AvgIpc) is 3.15. The summed E-state index contributed by atoms with van der Waals surface area (Å²) < 4.78 is 0. The molecule has 0 aromatic heterocycles. The zero-order chi connectivity index (χ0) is 15.9. The van der Waals surface area contributed by atoms with Crippen molar-refractivity contribution in [3.8, 4) is 0 Å². The van der Waals surface area contributed by atoms with E-state index in [2.05, 4.69) is 33.4 Å². The highest BCUT2D eigenvalue weighted by Crippen LogP contribution is 2.41. The molecule has 2 fully saturated rings. The van der Waals surface area contributed by atoms with Gasteiger partial charge in [0.05, 0.1) is 0 Å². The van der Waals surface area contributed by atoms with Crippen LogP contribution in [0, 0.1) is 23.7 Å². The van der Waals surface area contributed by atoms with Crippen LogP contribution >= 0.6 is 0 Å². The SMILES string of the molecule is C=C(C)C(CC1CCCC1)CC1CCC(CC/C(C)=C/C)C1. The van der Waals surface area contributed by atoms with E-state index < -0.39 is 0 Å². The monoisotopic (exact) mass is 302 g/mol. The highest BCUT2D eigenvalue weighted by molar-refractivity contribution is 4.99. The Labute approximate surface area is 139 Å². The predicted molar refractivity (Wildman–Crippen MR) is 99.0 cm³/mol. The van der Waals surface area contributed by atoms with E-state index in [0.717, 1.165) is 23.7 Å². The van der Waals surface area contributed by atoms with Gasteiger partial charge in [-0.05, 0) is 76.5 Å². The summed E-state index contributed by atoms with van der Waals surface area (Å²) in [6, 6.07) is 0. The van der Waals surface area contributed by atoms with Gasteiger partial charge in [0.15, 0.2) is 0 Å². The number of allylic oxidation sites excluding steroid dienone is 3. The maximum absolute atomic E-state index is 4.32. The minimum Gasteiger partial charge on any atom is -0.0999 e. The van der Waals surface area contributed by atoms with Crippen LogP contribution in [0.15, 0.2) is 23.8 Å². The topological polar surface area (TPSA) is 0 Å². The fourth-order valence-electron chi connectivity index (χ4n) is 4.78. The Morgan fingerprint density at radius 1 is 1.00 bits per heavy atom. The Balaban J connectivity index is 1.75. The van der Waals surface area contributed by atoms with Gasteiger partial charge in [-0.15, -0.1) is 0 Å². The number of rotatable bonds is 8. The normalized spacial score (nSPS) is 28.2. The van der Waals surface area contributed by atoms with Gasteiger partial charge >= 0.3 is 0 Å². The smallest absolute Gasteiger partial charge is 0.0203 e. The van der Waals surface area contributed by atoms with Crippen molar-refractivity contribution in [3.63, 3.8) is 0 Å². The molecular weight excluding hydrogens is 264 g/mol. The highest BCUT2D eigenvalue weighted by Gasteiger charge is 2.28. The Kier molecular flexibility index (Phi) is 7.25. The Morgan fingerprint density at radius 2 is 1.64 bits per heavy atom. The molecule has 0 saturated heterocycles. The standard InChI is InChI=1S/C22H38/c1-5-18(4)10-11-20-12-13-21(14-20)16-22(17(2)3)15-19-8-6-7-9-19/h5,19-22H,2,6-16H2,1,3-4H3/b18-5+. The predicted octanol–water partition coefficient (Wildman–Crippen LogP) is 7.31. The summed E-state index contributed by atoms with van der Waals surface area (Å²) in [7, 11) is 0. The zero-order valence-corrected chi connectivity index (χ0v) is 15.4. The molecular formula is C22H38. The van der Waals surface area contributed by atoms with Crippen molar-refractivity contribution in [1.29, 1.82) is 0 Å². The van der Waals surface area contributed by atoms with Crippen molar-refractivity contribution in [2.75, 3.05) is 0 Å². The maximum atomic E-state index is 4.32.